The Labute approximate surface area is 112 Å². The highest BCUT2D eigenvalue weighted by Crippen LogP contribution is 2.24. The molecule has 0 radical (unpaired) electrons. The van der Waals surface area contributed by atoms with Gasteiger partial charge in [0.05, 0.1) is 4.90 Å². The Morgan fingerprint density at radius 2 is 1.33 bits per heavy atom. The summed E-state index contributed by atoms with van der Waals surface area (Å²) >= 11 is 0. The largest absolute Gasteiger partial charge is 0.261 e. The van der Waals surface area contributed by atoms with E-state index >= 15 is 0 Å². The summed E-state index contributed by atoms with van der Waals surface area (Å²) in [4.78, 5) is 0.122. The van der Waals surface area contributed by atoms with Crippen LogP contribution in [0.4, 0.5) is 0 Å². The molecule has 0 N–H and O–H groups in total. The zero-order valence-corrected chi connectivity index (χ0v) is 11.7. The van der Waals surface area contributed by atoms with Gasteiger partial charge in [0.15, 0.2) is 0 Å². The van der Waals surface area contributed by atoms with Gasteiger partial charge in [-0.2, -0.15) is 0 Å². The third-order valence-corrected chi connectivity index (χ3v) is 4.06. The molecule has 0 saturated carbocycles. The van der Waals surface area contributed by atoms with Gasteiger partial charge in [0, 0.05) is 10.7 Å². The monoisotopic (exact) mass is 280 g/mol. The van der Waals surface area contributed by atoms with Crippen molar-refractivity contribution < 1.29 is 8.42 Å². The van der Waals surface area contributed by atoms with Gasteiger partial charge in [-0.3, -0.25) is 0 Å². The van der Waals surface area contributed by atoms with Crippen molar-refractivity contribution in [3.8, 4) is 11.1 Å². The molecule has 0 spiro atoms. The lowest BCUT2D eigenvalue weighted by molar-refractivity contribution is 0.609. The standard InChI is InChI=1S/C14H13ClO2S/c1-10-7-11(2)9-13(8-10)12-3-5-14(6-4-12)18(15,16)17/h3-9H,1-2H3. The van der Waals surface area contributed by atoms with Gasteiger partial charge in [-0.25, -0.2) is 8.42 Å². The van der Waals surface area contributed by atoms with Crippen molar-refractivity contribution in [1.29, 1.82) is 0 Å². The van der Waals surface area contributed by atoms with E-state index in [1.54, 1.807) is 12.1 Å². The van der Waals surface area contributed by atoms with Crippen molar-refractivity contribution >= 4 is 19.7 Å². The first-order chi connectivity index (χ1) is 8.36. The fourth-order valence-corrected chi connectivity index (χ4v) is 2.72. The lowest BCUT2D eigenvalue weighted by Crippen LogP contribution is -1.90. The van der Waals surface area contributed by atoms with Crippen LogP contribution >= 0.6 is 10.7 Å². The van der Waals surface area contributed by atoms with Crippen LogP contribution in [0.3, 0.4) is 0 Å². The Morgan fingerprint density at radius 3 is 1.78 bits per heavy atom. The number of halogens is 1. The highest BCUT2D eigenvalue weighted by Gasteiger charge is 2.09. The summed E-state index contributed by atoms with van der Waals surface area (Å²) in [5.74, 6) is 0. The zero-order valence-electron chi connectivity index (χ0n) is 10.1. The van der Waals surface area contributed by atoms with E-state index < -0.39 is 9.05 Å². The highest BCUT2D eigenvalue weighted by molar-refractivity contribution is 8.13. The number of hydrogen-bond acceptors (Lipinski definition) is 2. The first-order valence-corrected chi connectivity index (χ1v) is 7.80. The van der Waals surface area contributed by atoms with E-state index in [-0.39, 0.29) is 4.90 Å². The third kappa shape index (κ3) is 2.92. The minimum absolute atomic E-state index is 0.122. The number of benzene rings is 2. The van der Waals surface area contributed by atoms with Crippen LogP contribution in [0.1, 0.15) is 11.1 Å². The molecule has 0 bridgehead atoms. The Hall–Kier alpha value is -1.32. The molecule has 18 heavy (non-hydrogen) atoms. The van der Waals surface area contributed by atoms with Crippen LogP contribution in [0.15, 0.2) is 47.4 Å². The molecule has 0 aromatic heterocycles. The van der Waals surface area contributed by atoms with Crippen molar-refractivity contribution in [2.75, 3.05) is 0 Å². The predicted molar refractivity (Wildman–Crippen MR) is 74.4 cm³/mol. The van der Waals surface area contributed by atoms with Crippen LogP contribution in [0.25, 0.3) is 11.1 Å². The van der Waals surface area contributed by atoms with Crippen LogP contribution < -0.4 is 0 Å². The Kier molecular flexibility index (Phi) is 3.46. The molecule has 2 rings (SSSR count). The van der Waals surface area contributed by atoms with Crippen molar-refractivity contribution in [1.82, 2.24) is 0 Å². The second kappa shape index (κ2) is 4.75. The fraction of sp³-hybridized carbons (Fsp3) is 0.143. The number of aryl methyl sites for hydroxylation is 2. The average Bonchev–Trinajstić information content (AvgIpc) is 2.27. The summed E-state index contributed by atoms with van der Waals surface area (Å²) < 4.78 is 22.3. The first kappa shape index (κ1) is 13.1. The smallest absolute Gasteiger partial charge is 0.207 e. The van der Waals surface area contributed by atoms with Crippen molar-refractivity contribution in [2.45, 2.75) is 18.7 Å². The van der Waals surface area contributed by atoms with Crippen molar-refractivity contribution in [3.05, 3.63) is 53.6 Å². The SMILES string of the molecule is Cc1cc(C)cc(-c2ccc(S(=O)(=O)Cl)cc2)c1. The lowest BCUT2D eigenvalue weighted by atomic mass is 10.0. The lowest BCUT2D eigenvalue weighted by Gasteiger charge is -2.06. The second-order valence-electron chi connectivity index (χ2n) is 4.34. The van der Waals surface area contributed by atoms with Crippen molar-refractivity contribution in [2.24, 2.45) is 0 Å². The molecule has 0 heterocycles. The molecule has 0 atom stereocenters. The molecule has 4 heteroatoms. The van der Waals surface area contributed by atoms with Gasteiger partial charge >= 0.3 is 0 Å². The summed E-state index contributed by atoms with van der Waals surface area (Å²) in [7, 11) is 1.63. The van der Waals surface area contributed by atoms with Gasteiger partial charge in [-0.05, 0) is 37.1 Å². The van der Waals surface area contributed by atoms with E-state index in [4.69, 9.17) is 10.7 Å². The molecule has 0 saturated heterocycles. The Morgan fingerprint density at radius 1 is 0.833 bits per heavy atom. The summed E-state index contributed by atoms with van der Waals surface area (Å²) in [5, 5.41) is 0. The first-order valence-electron chi connectivity index (χ1n) is 5.50. The second-order valence-corrected chi connectivity index (χ2v) is 6.90. The molecular formula is C14H13ClO2S. The van der Waals surface area contributed by atoms with E-state index in [0.29, 0.717) is 0 Å². The molecule has 0 fully saturated rings. The van der Waals surface area contributed by atoms with Gasteiger partial charge in [0.1, 0.15) is 0 Å². The molecule has 2 nitrogen and oxygen atoms in total. The van der Waals surface area contributed by atoms with E-state index in [9.17, 15) is 8.42 Å². The van der Waals surface area contributed by atoms with Crippen LogP contribution in [-0.4, -0.2) is 8.42 Å². The van der Waals surface area contributed by atoms with E-state index in [2.05, 4.69) is 18.2 Å². The minimum Gasteiger partial charge on any atom is -0.207 e. The summed E-state index contributed by atoms with van der Waals surface area (Å²) in [6, 6.07) is 12.8. The van der Waals surface area contributed by atoms with Gasteiger partial charge in [0.2, 0.25) is 0 Å². The van der Waals surface area contributed by atoms with E-state index in [1.807, 2.05) is 13.8 Å². The molecule has 0 unspecified atom stereocenters. The van der Waals surface area contributed by atoms with Gasteiger partial charge < -0.3 is 0 Å². The van der Waals surface area contributed by atoms with E-state index in [1.165, 1.54) is 23.3 Å². The van der Waals surface area contributed by atoms with Gasteiger partial charge in [-0.15, -0.1) is 0 Å². The zero-order chi connectivity index (χ0) is 13.3. The van der Waals surface area contributed by atoms with E-state index in [0.717, 1.165) is 11.1 Å². The fourth-order valence-electron chi connectivity index (χ4n) is 1.95. The predicted octanol–water partition coefficient (Wildman–Crippen LogP) is 3.90. The highest BCUT2D eigenvalue weighted by atomic mass is 35.7. The molecule has 94 valence electrons. The number of hydrogen-bond donors (Lipinski definition) is 0. The summed E-state index contributed by atoms with van der Waals surface area (Å²) in [6.07, 6.45) is 0. The average molecular weight is 281 g/mol. The molecule has 0 amide bonds. The topological polar surface area (TPSA) is 34.1 Å². The van der Waals surface area contributed by atoms with Gasteiger partial charge in [0.25, 0.3) is 9.05 Å². The molecule has 0 aliphatic carbocycles. The van der Waals surface area contributed by atoms with Gasteiger partial charge in [-0.1, -0.05) is 41.5 Å². The van der Waals surface area contributed by atoms with Crippen LogP contribution in [-0.2, 0) is 9.05 Å². The normalized spacial score (nSPS) is 11.5. The van der Waals surface area contributed by atoms with Crippen molar-refractivity contribution in [3.63, 3.8) is 0 Å². The molecule has 0 aliphatic rings. The Balaban J connectivity index is 2.46. The maximum Gasteiger partial charge on any atom is 0.261 e. The molecular weight excluding hydrogens is 268 g/mol. The molecule has 2 aromatic rings. The Bertz CT molecular complexity index is 653. The summed E-state index contributed by atoms with van der Waals surface area (Å²) in [5.41, 5.74) is 4.41. The summed E-state index contributed by atoms with van der Waals surface area (Å²) in [6.45, 7) is 4.07. The third-order valence-electron chi connectivity index (χ3n) is 2.69. The maximum atomic E-state index is 11.2. The maximum absolute atomic E-state index is 11.2. The molecule has 0 aliphatic heterocycles. The minimum atomic E-state index is -3.65. The quantitative estimate of drug-likeness (QED) is 0.782. The van der Waals surface area contributed by atoms with Crippen LogP contribution in [0.5, 0.6) is 0 Å². The van der Waals surface area contributed by atoms with Crippen LogP contribution in [0.2, 0.25) is 0 Å². The molecule has 2 aromatic carbocycles. The van der Waals surface area contributed by atoms with Crippen LogP contribution in [0, 0.1) is 13.8 Å². The number of rotatable bonds is 2.